The molecule has 109 heavy (non-hydrogen) atoms. The lowest BCUT2D eigenvalue weighted by molar-refractivity contribution is -0.254. The summed E-state index contributed by atoms with van der Waals surface area (Å²) in [5.74, 6) is -19.8. The van der Waals surface area contributed by atoms with Crippen LogP contribution in [-0.2, 0) is 65.4 Å². The van der Waals surface area contributed by atoms with Crippen LogP contribution in [0.3, 0.4) is 0 Å². The maximum atomic E-state index is 17.4. The largest absolute Gasteiger partial charge is 0.463 e. The molecule has 4 aromatic heterocycles. The number of unbranched alkanes of at least 4 members (excludes halogenated alkanes) is 2. The van der Waals surface area contributed by atoms with Gasteiger partial charge in [-0.3, -0.25) is 19.2 Å². The van der Waals surface area contributed by atoms with Crippen LogP contribution in [0.25, 0.3) is 51.5 Å². The van der Waals surface area contributed by atoms with E-state index in [-0.39, 0.29) is 95.3 Å². The van der Waals surface area contributed by atoms with E-state index in [0.717, 1.165) is 95.1 Å². The number of esters is 4. The van der Waals surface area contributed by atoms with Crippen molar-refractivity contribution in [3.05, 3.63) is 106 Å². The van der Waals surface area contributed by atoms with Gasteiger partial charge >= 0.3 is 58.8 Å². The fourth-order valence-electron chi connectivity index (χ4n) is 13.2. The summed E-state index contributed by atoms with van der Waals surface area (Å²) in [6.45, 7) is 43.8. The van der Waals surface area contributed by atoms with E-state index >= 15 is 26.3 Å². The molecule has 1 aliphatic rings. The van der Waals surface area contributed by atoms with E-state index in [0.29, 0.717) is 32.7 Å². The predicted octanol–water partition coefficient (Wildman–Crippen LogP) is 24.2. The monoisotopic (exact) mass is 1700 g/mol. The van der Waals surface area contributed by atoms with Gasteiger partial charge in [-0.15, -0.1) is 45.3 Å². The number of benzene rings is 2. The molecule has 0 N–H and O–H groups in total. The van der Waals surface area contributed by atoms with E-state index in [1.165, 1.54) is 83.3 Å². The third-order valence-corrected chi connectivity index (χ3v) is 46.8. The van der Waals surface area contributed by atoms with Gasteiger partial charge in [0.25, 0.3) is 0 Å². The lowest BCUT2D eigenvalue weighted by Gasteiger charge is -2.39. The van der Waals surface area contributed by atoms with Crippen LogP contribution in [0.1, 0.15) is 140 Å². The average molecular weight is 1700 g/mol. The van der Waals surface area contributed by atoms with Gasteiger partial charge in [0.1, 0.15) is 24.7 Å². The SMILES string of the molecule is CCCC[Si](C)(C)O[Si](C)(C)O[Si](C)(C)CCCOCCOC(=O)CCC(=O)Oc1ccc(-c2sc(-c3ccc(C(C)(C)C)s3)cc2C2=C(c3cc(-c4ccc(C(C)(C)C)s4)sc3-c3ccc(OC(=O)CCC(=O)OCCOCCC[Si](C)(C)O[Si](C)(C)O[Si](C)(C)CCCC)cc3)C(F)(F)C(F)(F)C2(F)F)cc1. The first-order valence-corrected chi connectivity index (χ1v) is 59.1. The van der Waals surface area contributed by atoms with Crippen molar-refractivity contribution < 1.29 is 90.4 Å². The Labute approximate surface area is 664 Å². The number of rotatable bonds is 42. The van der Waals surface area contributed by atoms with Crippen LogP contribution in [0.5, 0.6) is 11.5 Å². The highest BCUT2D eigenvalue weighted by atomic mass is 32.1. The first-order chi connectivity index (χ1) is 50.5. The van der Waals surface area contributed by atoms with Crippen LogP contribution in [-0.4, -0.2) is 132 Å². The highest BCUT2D eigenvalue weighted by molar-refractivity contribution is 7.25. The summed E-state index contributed by atoms with van der Waals surface area (Å²) in [4.78, 5) is 55.4. The molecule has 30 heteroatoms. The fraction of sp³-hybridized carbons (Fsp3) is 0.570. The van der Waals surface area contributed by atoms with Crippen molar-refractivity contribution in [1.82, 2.24) is 0 Å². The number of carbonyl (C=O) groups is 4. The molecule has 0 aliphatic heterocycles. The van der Waals surface area contributed by atoms with Crippen LogP contribution < -0.4 is 9.47 Å². The zero-order valence-electron chi connectivity index (χ0n) is 67.3. The molecule has 6 aromatic rings. The number of halogens is 6. The summed E-state index contributed by atoms with van der Waals surface area (Å²) >= 11 is 4.62. The number of ether oxygens (including phenoxy) is 6. The van der Waals surface area contributed by atoms with Gasteiger partial charge in [0, 0.05) is 74.5 Å². The minimum absolute atomic E-state index is 0.00000248. The minimum atomic E-state index is -5.95. The van der Waals surface area contributed by atoms with E-state index in [4.69, 9.17) is 44.9 Å². The number of carbonyl (C=O) groups excluding carboxylic acids is 4. The molecule has 14 nitrogen and oxygen atoms in total. The van der Waals surface area contributed by atoms with Gasteiger partial charge in [-0.1, -0.05) is 81.1 Å². The first kappa shape index (κ1) is 91.7. The number of hydrogen-bond donors (Lipinski definition) is 0. The van der Waals surface area contributed by atoms with Crippen LogP contribution in [0, 0.1) is 0 Å². The lowest BCUT2D eigenvalue weighted by atomic mass is 9.92. The van der Waals surface area contributed by atoms with E-state index in [1.807, 2.05) is 53.7 Å². The van der Waals surface area contributed by atoms with E-state index in [1.54, 1.807) is 12.1 Å². The molecule has 604 valence electrons. The Morgan fingerprint density at radius 2 is 0.697 bits per heavy atom. The second kappa shape index (κ2) is 37.8. The quantitative estimate of drug-likeness (QED) is 0.0117. The van der Waals surface area contributed by atoms with Gasteiger partial charge < -0.3 is 44.9 Å². The third kappa shape index (κ3) is 26.3. The van der Waals surface area contributed by atoms with Crippen LogP contribution in [0.2, 0.25) is 103 Å². The maximum Gasteiger partial charge on any atom is 0.380 e. The summed E-state index contributed by atoms with van der Waals surface area (Å²) < 4.78 is 163. The Morgan fingerprint density at radius 3 is 1.00 bits per heavy atom. The van der Waals surface area contributed by atoms with Gasteiger partial charge in [-0.05, 0) is 222 Å². The average Bonchev–Trinajstić information content (AvgIpc) is 1.52. The van der Waals surface area contributed by atoms with Crippen molar-refractivity contribution in [2.75, 3.05) is 39.6 Å². The molecule has 1 aliphatic carbocycles. The molecule has 0 spiro atoms. The Balaban J connectivity index is 1.06. The molecule has 0 unspecified atom stereocenters. The molecule has 0 fully saturated rings. The Morgan fingerprint density at radius 1 is 0.385 bits per heavy atom. The summed E-state index contributed by atoms with van der Waals surface area (Å²) in [6, 6.07) is 24.9. The smallest absolute Gasteiger partial charge is 0.380 e. The highest BCUT2D eigenvalue weighted by Gasteiger charge is 2.80. The topological polar surface area (TPSA) is 161 Å². The Kier molecular flexibility index (Phi) is 31.8. The van der Waals surface area contributed by atoms with Crippen LogP contribution in [0.15, 0.2) is 84.9 Å². The molecule has 0 radical (unpaired) electrons. The molecule has 7 rings (SSSR count). The zero-order valence-corrected chi connectivity index (χ0v) is 76.6. The van der Waals surface area contributed by atoms with Crippen molar-refractivity contribution in [3.63, 3.8) is 0 Å². The summed E-state index contributed by atoms with van der Waals surface area (Å²) in [5.41, 5.74) is -4.61. The van der Waals surface area contributed by atoms with Crippen molar-refractivity contribution in [2.24, 2.45) is 0 Å². The van der Waals surface area contributed by atoms with E-state index in [9.17, 15) is 19.2 Å². The van der Waals surface area contributed by atoms with Crippen molar-refractivity contribution in [1.29, 1.82) is 0 Å². The third-order valence-electron chi connectivity index (χ3n) is 18.1. The summed E-state index contributed by atoms with van der Waals surface area (Å²) in [5, 5.41) is 0. The van der Waals surface area contributed by atoms with Gasteiger partial charge in [0.05, 0.1) is 38.9 Å². The fourth-order valence-corrected chi connectivity index (χ4v) is 46.3. The maximum absolute atomic E-state index is 17.4. The standard InChI is InChI=1S/C79H114F6O14S4Si6/c1-21-23-49-104(9,10)96-108(17,18)98-106(13,14)51-25-43-90-45-47-92-67(86)39-41-69(88)94-57-31-27-55(28-32-57)73-59(53-63(102-73)61-35-37-65(100-61)75(3,4)5)71-72(78(82,83)79(84,85)77(71,80)81)60-54-64(62-36-38-66(101-62)76(6,7)8)103-74(60)56-29-33-58(34-30-56)95-70(89)42-40-68(87)93-48-46-91-44-26-52-107(15,16)99-109(19,20)97-105(11,12)50-24-22-2/h27-38,53-54H,21-26,39-52H2,1-20H3. The van der Waals surface area contributed by atoms with Crippen molar-refractivity contribution >= 4 is 131 Å². The zero-order chi connectivity index (χ0) is 81.0. The van der Waals surface area contributed by atoms with Crippen LogP contribution in [0.4, 0.5) is 26.3 Å². The first-order valence-electron chi connectivity index (χ1n) is 37.8. The minimum Gasteiger partial charge on any atom is -0.463 e. The molecule has 4 heterocycles. The number of alkyl halides is 6. The molecule has 0 amide bonds. The Bertz CT molecular complexity index is 3800. The van der Waals surface area contributed by atoms with Crippen molar-refractivity contribution in [2.45, 2.75) is 251 Å². The Hall–Kier alpha value is -4.50. The van der Waals surface area contributed by atoms with Crippen molar-refractivity contribution in [3.8, 4) is 51.9 Å². The molecular weight excluding hydrogens is 1580 g/mol. The summed E-state index contributed by atoms with van der Waals surface area (Å²) in [7, 11) is -12.4. The molecule has 2 aromatic carbocycles. The van der Waals surface area contributed by atoms with Gasteiger partial charge in [-0.2, -0.15) is 26.3 Å². The second-order valence-corrected chi connectivity index (χ2v) is 62.5. The van der Waals surface area contributed by atoms with Gasteiger partial charge in [0.15, 0.2) is 33.3 Å². The van der Waals surface area contributed by atoms with Gasteiger partial charge in [0.2, 0.25) is 0 Å². The molecule has 0 atom stereocenters. The molecule has 0 saturated carbocycles. The lowest BCUT2D eigenvalue weighted by Crippen LogP contribution is -2.52. The van der Waals surface area contributed by atoms with E-state index < -0.39 is 114 Å². The predicted molar refractivity (Wildman–Crippen MR) is 446 cm³/mol. The molecular formula is C79H114F6O14S4Si6. The highest BCUT2D eigenvalue weighted by Crippen LogP contribution is 2.68. The molecule has 0 bridgehead atoms. The van der Waals surface area contributed by atoms with E-state index in [2.05, 4.69) is 92.4 Å². The second-order valence-electron chi connectivity index (χ2n) is 33.3. The normalized spacial score (nSPS) is 15.1. The molecule has 0 saturated heterocycles. The number of allylic oxidation sites excluding steroid dienone is 2. The summed E-state index contributed by atoms with van der Waals surface area (Å²) in [6.07, 6.45) is 4.78. The number of hydrogen-bond acceptors (Lipinski definition) is 18. The van der Waals surface area contributed by atoms with Crippen LogP contribution >= 0.6 is 45.3 Å². The van der Waals surface area contributed by atoms with Gasteiger partial charge in [-0.25, -0.2) is 0 Å². The number of thiophene rings is 4.